The molecule has 2 unspecified atom stereocenters. The summed E-state index contributed by atoms with van der Waals surface area (Å²) < 4.78 is 5.49. The van der Waals surface area contributed by atoms with Crippen molar-refractivity contribution in [3.8, 4) is 0 Å². The van der Waals surface area contributed by atoms with Crippen molar-refractivity contribution < 1.29 is 4.74 Å². The molecule has 0 radical (unpaired) electrons. The predicted octanol–water partition coefficient (Wildman–Crippen LogP) is 0.443. The van der Waals surface area contributed by atoms with Crippen molar-refractivity contribution in [2.45, 2.75) is 38.5 Å². The van der Waals surface area contributed by atoms with Gasteiger partial charge in [0.15, 0.2) is 0 Å². The van der Waals surface area contributed by atoms with Crippen molar-refractivity contribution in [2.75, 3.05) is 20.2 Å². The minimum Gasteiger partial charge on any atom is -0.377 e. The third-order valence-corrected chi connectivity index (χ3v) is 2.48. The van der Waals surface area contributed by atoms with Crippen LogP contribution in [-0.2, 0) is 4.74 Å². The molecule has 0 saturated carbocycles. The van der Waals surface area contributed by atoms with Crippen molar-refractivity contribution in [3.63, 3.8) is 0 Å². The predicted molar refractivity (Wildman–Crippen MR) is 50.1 cm³/mol. The summed E-state index contributed by atoms with van der Waals surface area (Å²) in [6.07, 6.45) is 1.51. The second kappa shape index (κ2) is 4.21. The molecule has 1 aliphatic heterocycles. The quantitative estimate of drug-likeness (QED) is 0.671. The zero-order chi connectivity index (χ0) is 9.14. The number of nitrogens with zero attached hydrogens (tertiary/aromatic N) is 1. The molecule has 0 aromatic carbocycles. The lowest BCUT2D eigenvalue weighted by Gasteiger charge is -2.27. The molecule has 0 spiro atoms. The molecular formula is C9H20N2O. The molecule has 3 atom stereocenters. The zero-order valence-corrected chi connectivity index (χ0v) is 8.29. The molecule has 1 saturated heterocycles. The zero-order valence-electron chi connectivity index (χ0n) is 8.29. The third kappa shape index (κ3) is 2.44. The molecule has 1 aliphatic rings. The van der Waals surface area contributed by atoms with E-state index < -0.39 is 0 Å². The highest BCUT2D eigenvalue weighted by atomic mass is 16.5. The number of hydrogen-bond donors (Lipinski definition) is 1. The van der Waals surface area contributed by atoms with Gasteiger partial charge in [0.1, 0.15) is 0 Å². The van der Waals surface area contributed by atoms with Crippen LogP contribution in [0.15, 0.2) is 0 Å². The van der Waals surface area contributed by atoms with Crippen LogP contribution in [0.2, 0.25) is 0 Å². The summed E-state index contributed by atoms with van der Waals surface area (Å²) in [7, 11) is 2.12. The van der Waals surface area contributed by atoms with E-state index in [9.17, 15) is 0 Å². The first kappa shape index (κ1) is 9.96. The van der Waals surface area contributed by atoms with E-state index >= 15 is 0 Å². The smallest absolute Gasteiger partial charge is 0.0702 e. The first-order valence-corrected chi connectivity index (χ1v) is 4.68. The number of nitrogens with two attached hydrogens (primary N) is 1. The topological polar surface area (TPSA) is 38.5 Å². The van der Waals surface area contributed by atoms with Gasteiger partial charge in [-0.2, -0.15) is 0 Å². The fraction of sp³-hybridized carbons (Fsp3) is 1.00. The van der Waals surface area contributed by atoms with Gasteiger partial charge in [-0.3, -0.25) is 4.90 Å². The average molecular weight is 172 g/mol. The molecule has 0 aromatic heterocycles. The molecule has 0 aromatic rings. The van der Waals surface area contributed by atoms with Gasteiger partial charge in [-0.15, -0.1) is 0 Å². The van der Waals surface area contributed by atoms with Gasteiger partial charge in [-0.1, -0.05) is 0 Å². The fourth-order valence-corrected chi connectivity index (χ4v) is 1.89. The van der Waals surface area contributed by atoms with E-state index in [0.29, 0.717) is 12.1 Å². The highest BCUT2D eigenvalue weighted by molar-refractivity contribution is 4.81. The van der Waals surface area contributed by atoms with Crippen LogP contribution in [0, 0.1) is 0 Å². The average Bonchev–Trinajstić information content (AvgIpc) is 2.33. The molecular weight excluding hydrogens is 152 g/mol. The minimum absolute atomic E-state index is 0.253. The Morgan fingerprint density at radius 3 is 2.75 bits per heavy atom. The first-order chi connectivity index (χ1) is 5.61. The second-order valence-corrected chi connectivity index (χ2v) is 3.85. The van der Waals surface area contributed by atoms with Crippen LogP contribution < -0.4 is 5.73 Å². The van der Waals surface area contributed by atoms with Crippen molar-refractivity contribution in [2.24, 2.45) is 5.73 Å². The van der Waals surface area contributed by atoms with Crippen molar-refractivity contribution in [1.29, 1.82) is 0 Å². The van der Waals surface area contributed by atoms with E-state index in [-0.39, 0.29) is 6.04 Å². The lowest BCUT2D eigenvalue weighted by atomic mass is 10.1. The van der Waals surface area contributed by atoms with Crippen molar-refractivity contribution in [3.05, 3.63) is 0 Å². The lowest BCUT2D eigenvalue weighted by Crippen LogP contribution is -2.42. The standard InChI is InChI=1S/C9H20N2O/c1-7(10)6-11(3)9-4-5-12-8(9)2/h7-9H,4-6,10H2,1-3H3/t7-,8?,9?/m0/s1. The van der Waals surface area contributed by atoms with Gasteiger partial charge in [-0.25, -0.2) is 0 Å². The van der Waals surface area contributed by atoms with Gasteiger partial charge >= 0.3 is 0 Å². The Bertz CT molecular complexity index is 138. The van der Waals surface area contributed by atoms with Crippen LogP contribution in [0.5, 0.6) is 0 Å². The van der Waals surface area contributed by atoms with E-state index in [1.54, 1.807) is 0 Å². The van der Waals surface area contributed by atoms with Gasteiger partial charge in [0.2, 0.25) is 0 Å². The van der Waals surface area contributed by atoms with Crippen molar-refractivity contribution >= 4 is 0 Å². The molecule has 3 heteroatoms. The Kier molecular flexibility index (Phi) is 3.50. The largest absolute Gasteiger partial charge is 0.377 e. The summed E-state index contributed by atoms with van der Waals surface area (Å²) in [5.74, 6) is 0. The number of hydrogen-bond acceptors (Lipinski definition) is 3. The van der Waals surface area contributed by atoms with E-state index in [0.717, 1.165) is 19.6 Å². The normalized spacial score (nSPS) is 32.8. The van der Waals surface area contributed by atoms with Gasteiger partial charge in [-0.05, 0) is 27.3 Å². The fourth-order valence-electron chi connectivity index (χ4n) is 1.89. The Morgan fingerprint density at radius 2 is 2.33 bits per heavy atom. The number of rotatable bonds is 3. The Labute approximate surface area is 74.9 Å². The van der Waals surface area contributed by atoms with Crippen LogP contribution in [0.25, 0.3) is 0 Å². The summed E-state index contributed by atoms with van der Waals surface area (Å²) in [6, 6.07) is 0.818. The molecule has 1 rings (SSSR count). The van der Waals surface area contributed by atoms with Gasteiger partial charge in [0.05, 0.1) is 6.10 Å². The molecule has 2 N–H and O–H groups in total. The van der Waals surface area contributed by atoms with Gasteiger partial charge in [0.25, 0.3) is 0 Å². The summed E-state index contributed by atoms with van der Waals surface area (Å²) >= 11 is 0. The Morgan fingerprint density at radius 1 is 1.67 bits per heavy atom. The SMILES string of the molecule is CC1OCCC1N(C)C[C@H](C)N. The van der Waals surface area contributed by atoms with Crippen LogP contribution in [-0.4, -0.2) is 43.3 Å². The van der Waals surface area contributed by atoms with Crippen molar-refractivity contribution in [1.82, 2.24) is 4.90 Å². The molecule has 0 bridgehead atoms. The summed E-state index contributed by atoms with van der Waals surface area (Å²) in [5.41, 5.74) is 5.72. The van der Waals surface area contributed by atoms with Gasteiger partial charge < -0.3 is 10.5 Å². The number of likely N-dealkylation sites (N-methyl/N-ethyl adjacent to an activating group) is 1. The molecule has 12 heavy (non-hydrogen) atoms. The van der Waals surface area contributed by atoms with E-state index in [1.165, 1.54) is 0 Å². The molecule has 1 fully saturated rings. The number of ether oxygens (including phenoxy) is 1. The Balaban J connectivity index is 2.35. The molecule has 1 heterocycles. The molecule has 72 valence electrons. The lowest BCUT2D eigenvalue weighted by molar-refractivity contribution is 0.0824. The maximum absolute atomic E-state index is 5.72. The molecule has 0 aliphatic carbocycles. The Hall–Kier alpha value is -0.120. The van der Waals surface area contributed by atoms with E-state index in [1.807, 2.05) is 6.92 Å². The molecule has 3 nitrogen and oxygen atoms in total. The monoisotopic (exact) mass is 172 g/mol. The van der Waals surface area contributed by atoms with Gasteiger partial charge in [0, 0.05) is 25.2 Å². The highest BCUT2D eigenvalue weighted by Gasteiger charge is 2.27. The summed E-state index contributed by atoms with van der Waals surface area (Å²) in [5, 5.41) is 0. The maximum Gasteiger partial charge on any atom is 0.0702 e. The highest BCUT2D eigenvalue weighted by Crippen LogP contribution is 2.17. The second-order valence-electron chi connectivity index (χ2n) is 3.85. The first-order valence-electron chi connectivity index (χ1n) is 4.68. The van der Waals surface area contributed by atoms with Crippen LogP contribution in [0.4, 0.5) is 0 Å². The van der Waals surface area contributed by atoms with Crippen LogP contribution in [0.1, 0.15) is 20.3 Å². The third-order valence-electron chi connectivity index (χ3n) is 2.48. The van der Waals surface area contributed by atoms with E-state index in [2.05, 4.69) is 18.9 Å². The van der Waals surface area contributed by atoms with Crippen LogP contribution >= 0.6 is 0 Å². The van der Waals surface area contributed by atoms with E-state index in [4.69, 9.17) is 10.5 Å². The summed E-state index contributed by atoms with van der Waals surface area (Å²) in [4.78, 5) is 2.31. The molecule has 0 amide bonds. The minimum atomic E-state index is 0.253. The summed E-state index contributed by atoms with van der Waals surface area (Å²) in [6.45, 7) is 6.03. The maximum atomic E-state index is 5.72. The van der Waals surface area contributed by atoms with Crippen LogP contribution in [0.3, 0.4) is 0 Å².